The molecule has 6 nitrogen and oxygen atoms in total. The van der Waals surface area contributed by atoms with E-state index in [0.717, 1.165) is 5.56 Å². The normalized spacial score (nSPS) is 11.6. The molecule has 2 aromatic carbocycles. The summed E-state index contributed by atoms with van der Waals surface area (Å²) in [6.07, 6.45) is 0.252. The number of nitrogens with two attached hydrogens (primary N) is 1. The topological polar surface area (TPSA) is 93.5 Å². The number of urea groups is 1. The molecule has 25 heavy (non-hydrogen) atoms. The van der Waals surface area contributed by atoms with Crippen LogP contribution in [-0.2, 0) is 11.2 Å². The number of primary amides is 1. The molecule has 1 unspecified atom stereocenters. The molecular formula is C17H17F2N3O3. The lowest BCUT2D eigenvalue weighted by Crippen LogP contribution is -2.47. The average Bonchev–Trinajstić information content (AvgIpc) is 2.56. The fraction of sp³-hybridized carbons (Fsp3) is 0.176. The average molecular weight is 349 g/mol. The van der Waals surface area contributed by atoms with Gasteiger partial charge in [0.2, 0.25) is 5.91 Å². The van der Waals surface area contributed by atoms with Crippen molar-refractivity contribution in [2.24, 2.45) is 5.73 Å². The maximum Gasteiger partial charge on any atom is 0.387 e. The molecule has 8 heteroatoms. The van der Waals surface area contributed by atoms with Crippen LogP contribution in [0.4, 0.5) is 19.3 Å². The van der Waals surface area contributed by atoms with Crippen LogP contribution in [0.5, 0.6) is 5.75 Å². The number of hydrogen-bond acceptors (Lipinski definition) is 3. The Labute approximate surface area is 143 Å². The summed E-state index contributed by atoms with van der Waals surface area (Å²) in [4.78, 5) is 23.5. The minimum atomic E-state index is -2.92. The van der Waals surface area contributed by atoms with Crippen LogP contribution in [0.25, 0.3) is 0 Å². The van der Waals surface area contributed by atoms with Crippen LogP contribution in [0, 0.1) is 0 Å². The van der Waals surface area contributed by atoms with Crippen molar-refractivity contribution >= 4 is 17.6 Å². The Morgan fingerprint density at radius 2 is 1.68 bits per heavy atom. The van der Waals surface area contributed by atoms with E-state index in [4.69, 9.17) is 5.73 Å². The molecule has 0 saturated heterocycles. The zero-order valence-electron chi connectivity index (χ0n) is 13.1. The summed E-state index contributed by atoms with van der Waals surface area (Å²) in [5, 5.41) is 4.98. The number of amides is 3. The first-order valence-electron chi connectivity index (χ1n) is 7.39. The van der Waals surface area contributed by atoms with Crippen molar-refractivity contribution in [1.82, 2.24) is 5.32 Å². The van der Waals surface area contributed by atoms with Crippen LogP contribution in [-0.4, -0.2) is 24.6 Å². The molecule has 0 aliphatic carbocycles. The molecule has 0 fully saturated rings. The third kappa shape index (κ3) is 6.09. The van der Waals surface area contributed by atoms with Gasteiger partial charge in [0.05, 0.1) is 0 Å². The number of anilines is 1. The number of hydrogen-bond donors (Lipinski definition) is 3. The van der Waals surface area contributed by atoms with Crippen LogP contribution in [0.2, 0.25) is 0 Å². The second-order valence-electron chi connectivity index (χ2n) is 5.14. The first-order valence-corrected chi connectivity index (χ1v) is 7.39. The lowest BCUT2D eigenvalue weighted by atomic mass is 10.1. The standard InChI is InChI=1S/C17H17F2N3O3/c18-16(19)25-13-8-6-12(7-9-13)21-15(23)14(22-17(20)24)10-11-4-2-1-3-5-11/h1-9,14,16H,10H2,(H,21,23)(H3,20,22,24). The van der Waals surface area contributed by atoms with Crippen LogP contribution in [0.3, 0.4) is 0 Å². The molecule has 0 heterocycles. The highest BCUT2D eigenvalue weighted by Gasteiger charge is 2.20. The van der Waals surface area contributed by atoms with Crippen molar-refractivity contribution in [3.63, 3.8) is 0 Å². The van der Waals surface area contributed by atoms with Crippen molar-refractivity contribution in [3.8, 4) is 5.75 Å². The summed E-state index contributed by atoms with van der Waals surface area (Å²) in [6, 6.07) is 12.8. The molecule has 2 aromatic rings. The van der Waals surface area contributed by atoms with E-state index in [2.05, 4.69) is 15.4 Å². The van der Waals surface area contributed by atoms with Gasteiger partial charge in [-0.3, -0.25) is 4.79 Å². The van der Waals surface area contributed by atoms with E-state index >= 15 is 0 Å². The number of carbonyl (C=O) groups is 2. The van der Waals surface area contributed by atoms with Crippen molar-refractivity contribution < 1.29 is 23.1 Å². The predicted octanol–water partition coefficient (Wildman–Crippen LogP) is 2.51. The second-order valence-corrected chi connectivity index (χ2v) is 5.14. The Kier molecular flexibility index (Phi) is 6.27. The summed E-state index contributed by atoms with van der Waals surface area (Å²) >= 11 is 0. The Morgan fingerprint density at radius 3 is 2.24 bits per heavy atom. The first-order chi connectivity index (χ1) is 11.9. The Hall–Kier alpha value is -3.16. The van der Waals surface area contributed by atoms with Crippen LogP contribution in [0.1, 0.15) is 5.56 Å². The summed E-state index contributed by atoms with van der Waals surface area (Å²) in [5.74, 6) is -0.505. The fourth-order valence-corrected chi connectivity index (χ4v) is 2.18. The summed E-state index contributed by atoms with van der Waals surface area (Å²) in [7, 11) is 0. The summed E-state index contributed by atoms with van der Waals surface area (Å²) in [5.41, 5.74) is 6.34. The molecule has 0 aromatic heterocycles. The Bertz CT molecular complexity index is 709. The van der Waals surface area contributed by atoms with E-state index in [9.17, 15) is 18.4 Å². The van der Waals surface area contributed by atoms with E-state index < -0.39 is 24.6 Å². The highest BCUT2D eigenvalue weighted by atomic mass is 19.3. The van der Waals surface area contributed by atoms with Gasteiger partial charge in [-0.15, -0.1) is 0 Å². The lowest BCUT2D eigenvalue weighted by molar-refractivity contribution is -0.117. The SMILES string of the molecule is NC(=O)NC(Cc1ccccc1)C(=O)Nc1ccc(OC(F)F)cc1. The van der Waals surface area contributed by atoms with Gasteiger partial charge in [-0.05, 0) is 29.8 Å². The molecule has 0 radical (unpaired) electrons. The maximum atomic E-state index is 12.4. The number of halogens is 2. The van der Waals surface area contributed by atoms with E-state index in [1.807, 2.05) is 30.3 Å². The molecule has 3 amide bonds. The Balaban J connectivity index is 2.04. The molecular weight excluding hydrogens is 332 g/mol. The second kappa shape index (κ2) is 8.62. The zero-order chi connectivity index (χ0) is 18.2. The number of benzene rings is 2. The predicted molar refractivity (Wildman–Crippen MR) is 88.4 cm³/mol. The number of carbonyl (C=O) groups excluding carboxylic acids is 2. The fourth-order valence-electron chi connectivity index (χ4n) is 2.18. The molecule has 0 bridgehead atoms. The summed E-state index contributed by atoms with van der Waals surface area (Å²) < 4.78 is 28.5. The van der Waals surface area contributed by atoms with Gasteiger partial charge in [-0.2, -0.15) is 8.78 Å². The van der Waals surface area contributed by atoms with Gasteiger partial charge in [-0.1, -0.05) is 30.3 Å². The van der Waals surface area contributed by atoms with Crippen LogP contribution >= 0.6 is 0 Å². The summed E-state index contributed by atoms with van der Waals surface area (Å²) in [6.45, 7) is -2.92. The van der Waals surface area contributed by atoms with Gasteiger partial charge in [0.15, 0.2) is 0 Å². The number of nitrogens with one attached hydrogen (secondary N) is 2. The highest BCUT2D eigenvalue weighted by molar-refractivity contribution is 5.97. The third-order valence-electron chi connectivity index (χ3n) is 3.26. The molecule has 4 N–H and O–H groups in total. The minimum absolute atomic E-state index is 0.0240. The molecule has 0 aliphatic rings. The quantitative estimate of drug-likeness (QED) is 0.717. The van der Waals surface area contributed by atoms with Gasteiger partial charge in [0.1, 0.15) is 11.8 Å². The first kappa shape index (κ1) is 18.2. The number of ether oxygens (including phenoxy) is 1. The van der Waals surface area contributed by atoms with Gasteiger partial charge < -0.3 is 21.1 Å². The van der Waals surface area contributed by atoms with E-state index in [1.54, 1.807) is 0 Å². The molecule has 0 saturated carbocycles. The Morgan fingerprint density at radius 1 is 1.04 bits per heavy atom. The molecule has 132 valence electrons. The van der Waals surface area contributed by atoms with Gasteiger partial charge in [0.25, 0.3) is 0 Å². The van der Waals surface area contributed by atoms with Crippen LogP contribution in [0.15, 0.2) is 54.6 Å². The monoisotopic (exact) mass is 349 g/mol. The molecule has 1 atom stereocenters. The van der Waals surface area contributed by atoms with Crippen molar-refractivity contribution in [2.45, 2.75) is 19.1 Å². The lowest BCUT2D eigenvalue weighted by Gasteiger charge is -2.17. The van der Waals surface area contributed by atoms with E-state index in [0.29, 0.717) is 5.69 Å². The number of rotatable bonds is 7. The maximum absolute atomic E-state index is 12.4. The minimum Gasteiger partial charge on any atom is -0.435 e. The van der Waals surface area contributed by atoms with Crippen molar-refractivity contribution in [3.05, 3.63) is 60.2 Å². The van der Waals surface area contributed by atoms with Gasteiger partial charge in [0, 0.05) is 12.1 Å². The molecule has 2 rings (SSSR count). The van der Waals surface area contributed by atoms with Crippen molar-refractivity contribution in [1.29, 1.82) is 0 Å². The molecule has 0 spiro atoms. The van der Waals surface area contributed by atoms with Gasteiger partial charge in [-0.25, -0.2) is 4.79 Å². The smallest absolute Gasteiger partial charge is 0.387 e. The largest absolute Gasteiger partial charge is 0.435 e. The van der Waals surface area contributed by atoms with E-state index in [-0.39, 0.29) is 12.2 Å². The van der Waals surface area contributed by atoms with Crippen molar-refractivity contribution in [2.75, 3.05) is 5.32 Å². The molecule has 0 aliphatic heterocycles. The third-order valence-corrected chi connectivity index (χ3v) is 3.26. The van der Waals surface area contributed by atoms with Crippen LogP contribution < -0.4 is 21.1 Å². The van der Waals surface area contributed by atoms with Gasteiger partial charge >= 0.3 is 12.6 Å². The highest BCUT2D eigenvalue weighted by Crippen LogP contribution is 2.18. The van der Waals surface area contributed by atoms with E-state index in [1.165, 1.54) is 24.3 Å². The zero-order valence-corrected chi connectivity index (χ0v) is 13.1. The number of alkyl halides is 2.